The minimum absolute atomic E-state index is 0.0975. The van der Waals surface area contributed by atoms with Crippen LogP contribution < -0.4 is 5.56 Å². The number of rotatable bonds is 1. The molecule has 0 unspecified atom stereocenters. The largest absolute Gasteiger partial charge is 0.443 e. The maximum absolute atomic E-state index is 12.1. The van der Waals surface area contributed by atoms with Crippen LogP contribution in [0.2, 0.25) is 5.02 Å². The predicted molar refractivity (Wildman–Crippen MR) is 80.0 cm³/mol. The summed E-state index contributed by atoms with van der Waals surface area (Å²) in [6, 6.07) is 1.44. The van der Waals surface area contributed by atoms with Crippen LogP contribution in [0.25, 0.3) is 5.70 Å². The first-order chi connectivity index (χ1) is 9.78. The molecule has 0 fully saturated rings. The Morgan fingerprint density at radius 2 is 2.14 bits per heavy atom. The lowest BCUT2D eigenvalue weighted by molar-refractivity contribution is 0.0328. The fourth-order valence-corrected chi connectivity index (χ4v) is 2.10. The van der Waals surface area contributed by atoms with Crippen molar-refractivity contribution in [2.45, 2.75) is 39.2 Å². The highest BCUT2D eigenvalue weighted by molar-refractivity contribution is 6.30. The number of aromatic nitrogens is 2. The van der Waals surface area contributed by atoms with Crippen LogP contribution in [0.4, 0.5) is 4.79 Å². The lowest BCUT2D eigenvalue weighted by Crippen LogP contribution is -2.37. The van der Waals surface area contributed by atoms with E-state index < -0.39 is 17.3 Å². The molecule has 0 saturated carbocycles. The average molecular weight is 312 g/mol. The van der Waals surface area contributed by atoms with Gasteiger partial charge >= 0.3 is 6.09 Å². The monoisotopic (exact) mass is 311 g/mol. The van der Waals surface area contributed by atoms with E-state index in [4.69, 9.17) is 16.3 Å². The summed E-state index contributed by atoms with van der Waals surface area (Å²) in [6.07, 6.45) is 3.99. The van der Waals surface area contributed by atoms with E-state index in [9.17, 15) is 9.59 Å². The second-order valence-electron chi connectivity index (χ2n) is 5.79. The van der Waals surface area contributed by atoms with Crippen LogP contribution in [0.1, 0.15) is 33.6 Å². The average Bonchev–Trinajstić information content (AvgIpc) is 2.40. The standard InChI is InChI=1S/C14H18ClN3O3/c1-14(2,3)21-13(20)17-8-4-5-10(9-17)18-12(19)11(15)6-7-16-18/h6-7,9H,4-5,8H2,1-3H3. The van der Waals surface area contributed by atoms with Gasteiger partial charge in [-0.15, -0.1) is 0 Å². The Hall–Kier alpha value is -1.82. The van der Waals surface area contributed by atoms with Gasteiger partial charge in [0.1, 0.15) is 10.6 Å². The molecule has 0 aromatic carbocycles. The smallest absolute Gasteiger partial charge is 0.414 e. The van der Waals surface area contributed by atoms with E-state index in [1.165, 1.54) is 21.8 Å². The van der Waals surface area contributed by atoms with Crippen LogP contribution in [0.5, 0.6) is 0 Å². The van der Waals surface area contributed by atoms with Gasteiger partial charge in [0.05, 0.1) is 5.70 Å². The number of nitrogens with zero attached hydrogens (tertiary/aromatic N) is 3. The first kappa shape index (κ1) is 15.6. The molecule has 1 aliphatic rings. The van der Waals surface area contributed by atoms with E-state index in [0.29, 0.717) is 18.7 Å². The fraction of sp³-hybridized carbons (Fsp3) is 0.500. The van der Waals surface area contributed by atoms with Crippen molar-refractivity contribution in [1.82, 2.24) is 14.7 Å². The maximum Gasteiger partial charge on any atom is 0.414 e. The number of amides is 1. The topological polar surface area (TPSA) is 64.4 Å². The van der Waals surface area contributed by atoms with Crippen LogP contribution in [0.15, 0.2) is 23.3 Å². The lowest BCUT2D eigenvalue weighted by Gasteiger charge is -2.28. The molecule has 1 aromatic heterocycles. The summed E-state index contributed by atoms with van der Waals surface area (Å²) in [5, 5.41) is 4.10. The highest BCUT2D eigenvalue weighted by atomic mass is 35.5. The van der Waals surface area contributed by atoms with Crippen molar-refractivity contribution >= 4 is 23.4 Å². The molecule has 0 spiro atoms. The van der Waals surface area contributed by atoms with Gasteiger partial charge < -0.3 is 4.74 Å². The number of halogens is 1. The molecule has 0 N–H and O–H groups in total. The third-order valence-corrected chi connectivity index (χ3v) is 3.12. The van der Waals surface area contributed by atoms with Gasteiger partial charge in [-0.05, 0) is 39.7 Å². The van der Waals surface area contributed by atoms with Gasteiger partial charge in [-0.25, -0.2) is 4.79 Å². The normalized spacial score (nSPS) is 15.6. The number of carbonyl (C=O) groups is 1. The Labute approximate surface area is 128 Å². The van der Waals surface area contributed by atoms with Crippen LogP contribution in [-0.2, 0) is 4.74 Å². The van der Waals surface area contributed by atoms with Crippen LogP contribution in [0.3, 0.4) is 0 Å². The Balaban J connectivity index is 2.27. The molecule has 0 aliphatic carbocycles. The zero-order valence-electron chi connectivity index (χ0n) is 12.3. The SMILES string of the molecule is CC(C)(C)OC(=O)N1C=C(n2nccc(Cl)c2=O)CCC1. The van der Waals surface area contributed by atoms with Gasteiger partial charge in [0.15, 0.2) is 0 Å². The molecule has 1 aromatic rings. The van der Waals surface area contributed by atoms with Crippen LogP contribution in [0, 0.1) is 0 Å². The van der Waals surface area contributed by atoms with Gasteiger partial charge in [-0.1, -0.05) is 11.6 Å². The van der Waals surface area contributed by atoms with Crippen LogP contribution in [-0.4, -0.2) is 32.9 Å². The highest BCUT2D eigenvalue weighted by Crippen LogP contribution is 2.20. The quantitative estimate of drug-likeness (QED) is 0.800. The minimum atomic E-state index is -0.562. The summed E-state index contributed by atoms with van der Waals surface area (Å²) in [7, 11) is 0. The zero-order valence-corrected chi connectivity index (χ0v) is 13.1. The third-order valence-electron chi connectivity index (χ3n) is 2.84. The molecule has 1 amide bonds. The van der Waals surface area contributed by atoms with E-state index in [-0.39, 0.29) is 5.02 Å². The number of allylic oxidation sites excluding steroid dienone is 1. The second kappa shape index (κ2) is 5.89. The maximum atomic E-state index is 12.1. The minimum Gasteiger partial charge on any atom is -0.443 e. The van der Waals surface area contributed by atoms with E-state index in [0.717, 1.165) is 6.42 Å². The van der Waals surface area contributed by atoms with Crippen LogP contribution >= 0.6 is 11.6 Å². The van der Waals surface area contributed by atoms with E-state index in [2.05, 4.69) is 5.10 Å². The van der Waals surface area contributed by atoms with Gasteiger partial charge in [0.25, 0.3) is 5.56 Å². The van der Waals surface area contributed by atoms with Crippen molar-refractivity contribution < 1.29 is 9.53 Å². The van der Waals surface area contributed by atoms with Crippen molar-refractivity contribution in [3.63, 3.8) is 0 Å². The summed E-state index contributed by atoms with van der Waals surface area (Å²) < 4.78 is 6.54. The van der Waals surface area contributed by atoms with Gasteiger partial charge in [-0.3, -0.25) is 9.69 Å². The van der Waals surface area contributed by atoms with Gasteiger partial charge in [0, 0.05) is 18.9 Å². The summed E-state index contributed by atoms with van der Waals surface area (Å²) in [4.78, 5) is 25.5. The molecule has 7 heteroatoms. The number of ether oxygens (including phenoxy) is 1. The number of hydrogen-bond acceptors (Lipinski definition) is 4. The summed E-state index contributed by atoms with van der Waals surface area (Å²) >= 11 is 5.81. The molecule has 1 aliphatic heterocycles. The Morgan fingerprint density at radius 3 is 2.81 bits per heavy atom. The van der Waals surface area contributed by atoms with E-state index in [1.807, 2.05) is 20.8 Å². The number of carbonyl (C=O) groups excluding carboxylic acids is 1. The Morgan fingerprint density at radius 1 is 1.43 bits per heavy atom. The fourth-order valence-electron chi connectivity index (χ4n) is 1.96. The second-order valence-corrected chi connectivity index (χ2v) is 6.20. The van der Waals surface area contributed by atoms with Gasteiger partial charge in [0.2, 0.25) is 0 Å². The molecular weight excluding hydrogens is 294 g/mol. The Kier molecular flexibility index (Phi) is 4.37. The molecule has 0 bridgehead atoms. The molecular formula is C14H18ClN3O3. The molecule has 0 saturated heterocycles. The van der Waals surface area contributed by atoms with Crippen molar-refractivity contribution in [3.8, 4) is 0 Å². The summed E-state index contributed by atoms with van der Waals surface area (Å²) in [5.74, 6) is 0. The van der Waals surface area contributed by atoms with E-state index in [1.54, 1.807) is 6.20 Å². The highest BCUT2D eigenvalue weighted by Gasteiger charge is 2.24. The summed E-state index contributed by atoms with van der Waals surface area (Å²) in [5.41, 5.74) is -0.329. The summed E-state index contributed by atoms with van der Waals surface area (Å²) in [6.45, 7) is 5.97. The first-order valence-electron chi connectivity index (χ1n) is 6.72. The molecule has 21 heavy (non-hydrogen) atoms. The molecule has 0 atom stereocenters. The van der Waals surface area contributed by atoms with Crippen molar-refractivity contribution in [3.05, 3.63) is 33.8 Å². The molecule has 2 rings (SSSR count). The molecule has 0 radical (unpaired) electrons. The van der Waals surface area contributed by atoms with E-state index >= 15 is 0 Å². The zero-order chi connectivity index (χ0) is 15.6. The predicted octanol–water partition coefficient (Wildman–Crippen LogP) is 2.73. The molecule has 6 nitrogen and oxygen atoms in total. The Bertz CT molecular complexity index is 631. The third kappa shape index (κ3) is 3.85. The van der Waals surface area contributed by atoms with Crippen molar-refractivity contribution in [2.75, 3.05) is 6.54 Å². The molecule has 114 valence electrons. The lowest BCUT2D eigenvalue weighted by atomic mass is 10.2. The molecule has 2 heterocycles. The first-order valence-corrected chi connectivity index (χ1v) is 7.10. The van der Waals surface area contributed by atoms with Crippen molar-refractivity contribution in [1.29, 1.82) is 0 Å². The van der Waals surface area contributed by atoms with Gasteiger partial charge in [-0.2, -0.15) is 9.78 Å². The van der Waals surface area contributed by atoms with Crippen molar-refractivity contribution in [2.24, 2.45) is 0 Å². The number of hydrogen-bond donors (Lipinski definition) is 0.